The fourth-order valence-corrected chi connectivity index (χ4v) is 1.68. The molecule has 0 bridgehead atoms. The minimum absolute atomic E-state index is 0.0572. The maximum absolute atomic E-state index is 13.1. The van der Waals surface area contributed by atoms with Crippen LogP contribution in [-0.2, 0) is 0 Å². The number of hydrogen-bond acceptors (Lipinski definition) is 2. The van der Waals surface area contributed by atoms with Gasteiger partial charge in [-0.25, -0.2) is 13.9 Å². The summed E-state index contributed by atoms with van der Waals surface area (Å²) < 4.78 is 14.4. The van der Waals surface area contributed by atoms with E-state index < -0.39 is 11.8 Å². The smallest absolute Gasteiger partial charge is 0.358 e. The van der Waals surface area contributed by atoms with Gasteiger partial charge in [0.1, 0.15) is 5.82 Å². The third kappa shape index (κ3) is 2.01. The summed E-state index contributed by atoms with van der Waals surface area (Å²) >= 11 is 5.84. The summed E-state index contributed by atoms with van der Waals surface area (Å²) in [5.41, 5.74) is 0.639. The second-order valence-corrected chi connectivity index (χ2v) is 3.82. The molecule has 1 heterocycles. The quantitative estimate of drug-likeness (QED) is 0.896. The molecular formula is C11H8ClFN2O2. The average molecular weight is 255 g/mol. The molecule has 0 radical (unpaired) electrons. The van der Waals surface area contributed by atoms with E-state index in [1.54, 1.807) is 13.0 Å². The second-order valence-electron chi connectivity index (χ2n) is 3.44. The van der Waals surface area contributed by atoms with Crippen molar-refractivity contribution in [2.75, 3.05) is 0 Å². The van der Waals surface area contributed by atoms with Crippen LogP contribution in [0.15, 0.2) is 24.3 Å². The minimum Gasteiger partial charge on any atom is -0.476 e. The Kier molecular flexibility index (Phi) is 2.85. The van der Waals surface area contributed by atoms with Crippen molar-refractivity contribution in [1.29, 1.82) is 0 Å². The molecule has 2 rings (SSSR count). The Hall–Kier alpha value is -1.88. The number of aromatic nitrogens is 2. The minimum atomic E-state index is -1.21. The number of aromatic carboxylic acids is 1. The number of benzene rings is 1. The molecule has 0 spiro atoms. The fraction of sp³-hybridized carbons (Fsp3) is 0.0909. The van der Waals surface area contributed by atoms with Crippen molar-refractivity contribution in [3.05, 3.63) is 46.5 Å². The molecule has 0 unspecified atom stereocenters. The Labute approximate surface area is 101 Å². The van der Waals surface area contributed by atoms with Crippen LogP contribution in [0.1, 0.15) is 16.2 Å². The van der Waals surface area contributed by atoms with Gasteiger partial charge in [-0.2, -0.15) is 5.10 Å². The lowest BCUT2D eigenvalue weighted by molar-refractivity contribution is 0.0690. The van der Waals surface area contributed by atoms with Crippen LogP contribution >= 0.6 is 11.6 Å². The van der Waals surface area contributed by atoms with Gasteiger partial charge < -0.3 is 5.11 Å². The summed E-state index contributed by atoms with van der Waals surface area (Å²) in [5, 5.41) is 12.8. The molecule has 1 N–H and O–H groups in total. The van der Waals surface area contributed by atoms with Crippen LogP contribution in [-0.4, -0.2) is 20.9 Å². The second kappa shape index (κ2) is 4.18. The lowest BCUT2D eigenvalue weighted by atomic mass is 10.3. The van der Waals surface area contributed by atoms with Gasteiger partial charge in [-0.1, -0.05) is 17.7 Å². The molecule has 2 aromatic rings. The SMILES string of the molecule is Cc1c(Cl)c(C(=O)O)nn1-c1cccc(F)c1. The number of halogens is 2. The Bertz CT molecular complexity index is 595. The number of rotatable bonds is 2. The Balaban J connectivity index is 2.61. The van der Waals surface area contributed by atoms with Crippen molar-refractivity contribution in [3.8, 4) is 5.69 Å². The average Bonchev–Trinajstić information content (AvgIpc) is 2.56. The molecule has 0 saturated carbocycles. The van der Waals surface area contributed by atoms with Crippen LogP contribution < -0.4 is 0 Å². The molecule has 0 aliphatic rings. The lowest BCUT2D eigenvalue weighted by Gasteiger charge is -2.03. The van der Waals surface area contributed by atoms with E-state index in [1.807, 2.05) is 0 Å². The van der Waals surface area contributed by atoms with Gasteiger partial charge in [0.05, 0.1) is 16.4 Å². The van der Waals surface area contributed by atoms with Crippen LogP contribution in [0.3, 0.4) is 0 Å². The van der Waals surface area contributed by atoms with Gasteiger partial charge in [-0.05, 0) is 25.1 Å². The van der Waals surface area contributed by atoms with E-state index >= 15 is 0 Å². The maximum atomic E-state index is 13.1. The van der Waals surface area contributed by atoms with Gasteiger partial charge in [-0.3, -0.25) is 0 Å². The first kappa shape index (κ1) is 11.6. The highest BCUT2D eigenvalue weighted by Gasteiger charge is 2.19. The molecule has 0 aliphatic heterocycles. The molecule has 1 aromatic carbocycles. The van der Waals surface area contributed by atoms with E-state index in [4.69, 9.17) is 16.7 Å². The lowest BCUT2D eigenvalue weighted by Crippen LogP contribution is -2.02. The number of hydrogen-bond donors (Lipinski definition) is 1. The van der Waals surface area contributed by atoms with E-state index in [0.717, 1.165) is 0 Å². The first-order valence-electron chi connectivity index (χ1n) is 4.75. The summed E-state index contributed by atoms with van der Waals surface area (Å²) in [4.78, 5) is 10.9. The molecule has 1 aromatic heterocycles. The van der Waals surface area contributed by atoms with E-state index in [2.05, 4.69) is 5.10 Å². The van der Waals surface area contributed by atoms with E-state index in [0.29, 0.717) is 11.4 Å². The van der Waals surface area contributed by atoms with Crippen molar-refractivity contribution in [1.82, 2.24) is 9.78 Å². The first-order chi connectivity index (χ1) is 8.00. The number of nitrogens with zero attached hydrogens (tertiary/aromatic N) is 2. The molecule has 0 saturated heterocycles. The Morgan fingerprint density at radius 2 is 2.24 bits per heavy atom. The molecule has 6 heteroatoms. The van der Waals surface area contributed by atoms with E-state index in [9.17, 15) is 9.18 Å². The zero-order valence-electron chi connectivity index (χ0n) is 8.82. The number of carboxylic acid groups (broad SMARTS) is 1. The van der Waals surface area contributed by atoms with Crippen LogP contribution in [0.25, 0.3) is 5.69 Å². The Morgan fingerprint density at radius 1 is 1.53 bits per heavy atom. The van der Waals surface area contributed by atoms with Crippen molar-refractivity contribution >= 4 is 17.6 Å². The third-order valence-corrected chi connectivity index (χ3v) is 2.75. The van der Waals surface area contributed by atoms with Gasteiger partial charge in [0.15, 0.2) is 5.69 Å². The van der Waals surface area contributed by atoms with Gasteiger partial charge in [0.25, 0.3) is 0 Å². The van der Waals surface area contributed by atoms with Crippen LogP contribution in [0.2, 0.25) is 5.02 Å². The van der Waals surface area contributed by atoms with Gasteiger partial charge >= 0.3 is 5.97 Å². The predicted octanol–water partition coefficient (Wildman–Crippen LogP) is 2.67. The highest BCUT2D eigenvalue weighted by atomic mass is 35.5. The monoisotopic (exact) mass is 254 g/mol. The molecule has 0 fully saturated rings. The van der Waals surface area contributed by atoms with Crippen molar-refractivity contribution in [2.45, 2.75) is 6.92 Å². The van der Waals surface area contributed by atoms with Gasteiger partial charge in [0, 0.05) is 0 Å². The van der Waals surface area contributed by atoms with E-state index in [1.165, 1.54) is 22.9 Å². The van der Waals surface area contributed by atoms with E-state index in [-0.39, 0.29) is 10.7 Å². The van der Waals surface area contributed by atoms with Crippen molar-refractivity contribution in [3.63, 3.8) is 0 Å². The molecule has 0 aliphatic carbocycles. The zero-order valence-corrected chi connectivity index (χ0v) is 9.57. The summed E-state index contributed by atoms with van der Waals surface area (Å²) in [7, 11) is 0. The Morgan fingerprint density at radius 3 is 2.76 bits per heavy atom. The summed E-state index contributed by atoms with van der Waals surface area (Å²) in [5.74, 6) is -1.64. The molecule has 0 amide bonds. The molecular weight excluding hydrogens is 247 g/mol. The highest BCUT2D eigenvalue weighted by Crippen LogP contribution is 2.23. The van der Waals surface area contributed by atoms with Crippen molar-refractivity contribution < 1.29 is 14.3 Å². The standard InChI is InChI=1S/C11H8ClFN2O2/c1-6-9(12)10(11(16)17)14-15(6)8-4-2-3-7(13)5-8/h2-5H,1H3,(H,16,17). The highest BCUT2D eigenvalue weighted by molar-refractivity contribution is 6.33. The van der Waals surface area contributed by atoms with Crippen LogP contribution in [0, 0.1) is 12.7 Å². The maximum Gasteiger partial charge on any atom is 0.358 e. The number of carboxylic acids is 1. The normalized spacial score (nSPS) is 10.5. The first-order valence-corrected chi connectivity index (χ1v) is 5.13. The van der Waals surface area contributed by atoms with Crippen LogP contribution in [0.5, 0.6) is 0 Å². The summed E-state index contributed by atoms with van der Waals surface area (Å²) in [6.07, 6.45) is 0. The molecule has 4 nitrogen and oxygen atoms in total. The number of carbonyl (C=O) groups is 1. The molecule has 17 heavy (non-hydrogen) atoms. The zero-order chi connectivity index (χ0) is 12.6. The van der Waals surface area contributed by atoms with Gasteiger partial charge in [0.2, 0.25) is 0 Å². The van der Waals surface area contributed by atoms with Crippen molar-refractivity contribution in [2.24, 2.45) is 0 Å². The summed E-state index contributed by atoms with van der Waals surface area (Å²) in [6.45, 7) is 1.62. The predicted molar refractivity (Wildman–Crippen MR) is 60.2 cm³/mol. The largest absolute Gasteiger partial charge is 0.476 e. The fourth-order valence-electron chi connectivity index (χ4n) is 1.48. The summed E-state index contributed by atoms with van der Waals surface area (Å²) in [6, 6.07) is 5.68. The third-order valence-electron chi connectivity index (χ3n) is 2.30. The van der Waals surface area contributed by atoms with Gasteiger partial charge in [-0.15, -0.1) is 0 Å². The molecule has 88 valence electrons. The molecule has 0 atom stereocenters. The van der Waals surface area contributed by atoms with Crippen LogP contribution in [0.4, 0.5) is 4.39 Å². The topological polar surface area (TPSA) is 55.1 Å².